The molecule has 9 aromatic carbocycles. The number of aromatic nitrogens is 6. The largest absolute Gasteiger partial charge is 0.573 e. The molecule has 518 valence electrons. The van der Waals surface area contributed by atoms with Crippen LogP contribution in [0.2, 0.25) is 0 Å². The van der Waals surface area contributed by atoms with Crippen LogP contribution in [0.3, 0.4) is 0 Å². The molecule has 17 nitrogen and oxygen atoms in total. The molecule has 0 amide bonds. The van der Waals surface area contributed by atoms with E-state index in [-0.39, 0.29) is 39.4 Å². The highest BCUT2D eigenvalue weighted by atomic mass is 19.4. The summed E-state index contributed by atoms with van der Waals surface area (Å²) in [5, 5.41) is 48.3. The Balaban J connectivity index is 0.000000129. The molecule has 6 aromatic heterocycles. The minimum absolute atomic E-state index is 0.0862. The molecular weight excluding hydrogens is 1360 g/mol. The van der Waals surface area contributed by atoms with Gasteiger partial charge in [0, 0.05) is 105 Å². The Hall–Kier alpha value is -13.7. The zero-order valence-corrected chi connectivity index (χ0v) is 52.7. The molecule has 103 heavy (non-hydrogen) atoms. The van der Waals surface area contributed by atoms with Crippen molar-refractivity contribution in [2.24, 2.45) is 0 Å². The number of hydrogen-bond donors (Lipinski definition) is 5. The van der Waals surface area contributed by atoms with Gasteiger partial charge in [0.25, 0.3) is 0 Å². The molecule has 15 aromatic rings. The quantitative estimate of drug-likeness (QED) is 0.0601. The Bertz CT molecular complexity index is 5760. The van der Waals surface area contributed by atoms with Gasteiger partial charge in [0.2, 0.25) is 0 Å². The van der Waals surface area contributed by atoms with Crippen molar-refractivity contribution in [2.45, 2.75) is 13.3 Å². The fraction of sp³-hybridized carbons (Fsp3) is 0.0263. The summed E-state index contributed by atoms with van der Waals surface area (Å²) in [5.41, 5.74) is 7.63. The molecule has 27 heteroatoms. The number of pyridine rings is 1. The third-order valence-corrected chi connectivity index (χ3v) is 15.7. The summed E-state index contributed by atoms with van der Waals surface area (Å²) < 4.78 is 142. The van der Waals surface area contributed by atoms with E-state index in [4.69, 9.17) is 25.5 Å². The van der Waals surface area contributed by atoms with Crippen LogP contribution < -0.4 is 4.74 Å². The molecule has 15 rings (SSSR count). The lowest BCUT2D eigenvalue weighted by molar-refractivity contribution is -0.274. The van der Waals surface area contributed by atoms with Crippen LogP contribution in [0.25, 0.3) is 83.0 Å². The maximum atomic E-state index is 13.8. The van der Waals surface area contributed by atoms with Crippen molar-refractivity contribution >= 4 is 84.4 Å². The van der Waals surface area contributed by atoms with Gasteiger partial charge in [-0.15, -0.1) is 13.2 Å². The zero-order valence-electron chi connectivity index (χ0n) is 52.7. The number of carbonyl (C=O) groups is 5. The molecule has 5 N–H and O–H groups in total. The average Bonchev–Trinajstić information content (AvgIpc) is 1.71. The molecule has 0 unspecified atom stereocenters. The fourth-order valence-electron chi connectivity index (χ4n) is 11.0. The standard InChI is InChI=1S/C16H10F3NO3.C15H8F3NO2.2C15H9F2NO2.C15H12N2O2/c17-16(18,19)23-13-4-2-12(3-5-13)20-8-7-10-9-11(15(21)22)1-6-14(10)20;16-11-6-10(7-12(17)14(11)18)19-4-3-8-5-9(15(20)21)1-2-13(8)19;16-11-2-3-12(17)14(8-11)18-6-5-9-7-10(15(19)20)1-4-13(9)18;16-11-6-12(17)8-13(7-11)18-4-3-9-5-10(15(19)20)1-2-14(9)18;1-10-8-13(4-6-16-10)17-7-5-11-9-12(15(18)19)2-3-14(11)17/h1-9H,(H,21,22);1-7H,(H,20,21);2*1-8H,(H,19,20);2-9H,1H3,(H,18,19). The Labute approximate surface area is 573 Å². The van der Waals surface area contributed by atoms with Crippen LogP contribution in [-0.2, 0) is 0 Å². The molecule has 0 saturated carbocycles. The van der Waals surface area contributed by atoms with E-state index in [9.17, 15) is 67.9 Å². The molecule has 0 saturated heterocycles. The number of rotatable bonds is 11. The van der Waals surface area contributed by atoms with Gasteiger partial charge in [-0.05, 0) is 189 Å². The van der Waals surface area contributed by atoms with Crippen LogP contribution in [0.1, 0.15) is 57.5 Å². The lowest BCUT2D eigenvalue weighted by Crippen LogP contribution is -2.17. The first kappa shape index (κ1) is 70.6. The molecule has 0 bridgehead atoms. The number of halogens is 10. The summed E-state index contributed by atoms with van der Waals surface area (Å²) in [6.07, 6.45) is 5.44. The highest BCUT2D eigenvalue weighted by Gasteiger charge is 2.31. The number of aromatic carboxylic acids is 5. The van der Waals surface area contributed by atoms with Crippen molar-refractivity contribution < 1.29 is 98.1 Å². The molecular formula is C76H48F10N6O11. The maximum Gasteiger partial charge on any atom is 0.573 e. The number of aryl methyl sites for hydroxylation is 1. The first-order valence-corrected chi connectivity index (χ1v) is 30.1. The van der Waals surface area contributed by atoms with Gasteiger partial charge in [0.05, 0.1) is 72.5 Å². The van der Waals surface area contributed by atoms with Crippen molar-refractivity contribution in [3.63, 3.8) is 0 Å². The van der Waals surface area contributed by atoms with Gasteiger partial charge in [-0.25, -0.2) is 54.7 Å². The van der Waals surface area contributed by atoms with Crippen LogP contribution in [0.15, 0.2) is 243 Å². The number of alkyl halides is 3. The fourth-order valence-corrected chi connectivity index (χ4v) is 11.0. The van der Waals surface area contributed by atoms with Crippen molar-refractivity contribution in [3.8, 4) is 34.2 Å². The highest BCUT2D eigenvalue weighted by Crippen LogP contribution is 2.31. The number of benzene rings is 9. The number of fused-ring (bicyclic) bond motifs is 5. The minimum Gasteiger partial charge on any atom is -0.478 e. The van der Waals surface area contributed by atoms with Crippen LogP contribution in [-0.4, -0.2) is 89.6 Å². The molecule has 0 spiro atoms. The van der Waals surface area contributed by atoms with Crippen LogP contribution >= 0.6 is 0 Å². The summed E-state index contributed by atoms with van der Waals surface area (Å²) >= 11 is 0. The molecule has 0 fully saturated rings. The summed E-state index contributed by atoms with van der Waals surface area (Å²) in [6, 6.07) is 49.4. The van der Waals surface area contributed by atoms with Gasteiger partial charge in [0.15, 0.2) is 17.5 Å². The molecule has 6 heterocycles. The van der Waals surface area contributed by atoms with E-state index in [1.807, 2.05) is 42.0 Å². The second-order valence-electron chi connectivity index (χ2n) is 22.5. The summed E-state index contributed by atoms with van der Waals surface area (Å²) in [5.74, 6) is -11.8. The van der Waals surface area contributed by atoms with Gasteiger partial charge in [-0.1, -0.05) is 0 Å². The number of carboxylic acids is 5. The van der Waals surface area contributed by atoms with Crippen LogP contribution in [0.4, 0.5) is 43.9 Å². The molecule has 0 atom stereocenters. The highest BCUT2D eigenvalue weighted by molar-refractivity contribution is 5.98. The Morgan fingerprint density at radius 1 is 0.340 bits per heavy atom. The van der Waals surface area contributed by atoms with E-state index < -0.39 is 76.9 Å². The van der Waals surface area contributed by atoms with E-state index in [0.717, 1.165) is 69.6 Å². The van der Waals surface area contributed by atoms with Crippen molar-refractivity contribution in [1.29, 1.82) is 0 Å². The van der Waals surface area contributed by atoms with E-state index in [1.165, 1.54) is 106 Å². The van der Waals surface area contributed by atoms with Crippen LogP contribution in [0.5, 0.6) is 5.75 Å². The first-order chi connectivity index (χ1) is 49.0. The topological polar surface area (TPSA) is 233 Å². The SMILES string of the molecule is Cc1cc(-n2ccc3cc(C(=O)O)ccc32)ccn1.O=C(O)c1ccc2c(ccn2-c2cc(F)c(F)c(F)c2)c1.O=C(O)c1ccc2c(ccn2-c2cc(F)cc(F)c2)c1.O=C(O)c1ccc2c(ccn2-c2cc(F)ccc2F)c1.O=C(O)c1ccc2c(ccn2-c2ccc(OC(F)(F)F)cc2)c1. The Kier molecular flexibility index (Phi) is 20.1. The number of ether oxygens (including phenoxy) is 1. The zero-order chi connectivity index (χ0) is 73.7. The first-order valence-electron chi connectivity index (χ1n) is 30.1. The van der Waals surface area contributed by atoms with E-state index >= 15 is 0 Å². The smallest absolute Gasteiger partial charge is 0.478 e. The van der Waals surface area contributed by atoms with E-state index in [2.05, 4.69) is 9.72 Å². The second kappa shape index (κ2) is 29.4. The Morgan fingerprint density at radius 3 is 1.06 bits per heavy atom. The maximum absolute atomic E-state index is 13.8. The number of nitrogens with zero attached hydrogens (tertiary/aromatic N) is 6. The van der Waals surface area contributed by atoms with Crippen molar-refractivity contribution in [3.05, 3.63) is 318 Å². The van der Waals surface area contributed by atoms with Gasteiger partial charge < -0.3 is 53.1 Å². The van der Waals surface area contributed by atoms with Gasteiger partial charge in [-0.3, -0.25) is 4.98 Å². The lowest BCUT2D eigenvalue weighted by atomic mass is 10.1. The van der Waals surface area contributed by atoms with E-state index in [0.29, 0.717) is 49.6 Å². The third kappa shape index (κ3) is 16.1. The molecule has 0 aliphatic carbocycles. The molecule has 0 aliphatic rings. The third-order valence-electron chi connectivity index (χ3n) is 15.7. The van der Waals surface area contributed by atoms with Crippen molar-refractivity contribution in [2.75, 3.05) is 0 Å². The van der Waals surface area contributed by atoms with Gasteiger partial charge >= 0.3 is 36.2 Å². The lowest BCUT2D eigenvalue weighted by Gasteiger charge is -2.10. The summed E-state index contributed by atoms with van der Waals surface area (Å²) in [6.45, 7) is 1.94. The van der Waals surface area contributed by atoms with Gasteiger partial charge in [-0.2, -0.15) is 0 Å². The predicted octanol–water partition coefficient (Wildman–Crippen LogP) is 18.2. The number of carboxylic acid groups (broad SMARTS) is 5. The number of hydrogen-bond acceptors (Lipinski definition) is 7. The summed E-state index contributed by atoms with van der Waals surface area (Å²) in [7, 11) is 0. The molecule has 0 radical (unpaired) electrons. The van der Waals surface area contributed by atoms with Gasteiger partial charge in [0.1, 0.15) is 29.0 Å². The van der Waals surface area contributed by atoms with Crippen LogP contribution in [0, 0.1) is 47.6 Å². The van der Waals surface area contributed by atoms with E-state index in [1.54, 1.807) is 88.5 Å². The van der Waals surface area contributed by atoms with Crippen molar-refractivity contribution in [1.82, 2.24) is 27.8 Å². The monoisotopic (exact) mass is 1410 g/mol. The second-order valence-corrected chi connectivity index (χ2v) is 22.5. The molecule has 0 aliphatic heterocycles. The predicted molar refractivity (Wildman–Crippen MR) is 360 cm³/mol. The normalized spacial score (nSPS) is 11.1. The minimum atomic E-state index is -4.73. The Morgan fingerprint density at radius 2 is 0.689 bits per heavy atom. The average molecular weight is 1410 g/mol. The summed E-state index contributed by atoms with van der Waals surface area (Å²) in [4.78, 5) is 58.8.